The molecule has 0 N–H and O–H groups in total. The zero-order chi connectivity index (χ0) is 10.4. The zero-order valence-electron chi connectivity index (χ0n) is 7.78. The van der Waals surface area contributed by atoms with E-state index < -0.39 is 0 Å². The highest BCUT2D eigenvalue weighted by Gasteiger charge is 2.34. The molecule has 15 heavy (non-hydrogen) atoms. The molecule has 0 saturated carbocycles. The van der Waals surface area contributed by atoms with Crippen LogP contribution in [-0.4, -0.2) is 6.10 Å². The maximum atomic E-state index is 5.95. The van der Waals surface area contributed by atoms with Gasteiger partial charge in [0.15, 0.2) is 0 Å². The van der Waals surface area contributed by atoms with Crippen molar-refractivity contribution in [1.29, 1.82) is 0 Å². The predicted molar refractivity (Wildman–Crippen MR) is 64.4 cm³/mol. The summed E-state index contributed by atoms with van der Waals surface area (Å²) in [6.07, 6.45) is 6.04. The smallest absolute Gasteiger partial charge is 0.129 e. The zero-order valence-corrected chi connectivity index (χ0v) is 10.1. The second-order valence-electron chi connectivity index (χ2n) is 3.67. The summed E-state index contributed by atoms with van der Waals surface area (Å²) in [4.78, 5) is 0. The van der Waals surface area contributed by atoms with Gasteiger partial charge in [0.2, 0.25) is 0 Å². The minimum Gasteiger partial charge on any atom is -0.485 e. The average Bonchev–Trinajstić information content (AvgIpc) is 2.56. The van der Waals surface area contributed by atoms with Crippen LogP contribution in [0.25, 0.3) is 0 Å². The summed E-state index contributed by atoms with van der Waals surface area (Å²) in [6, 6.07) is 6.02. The quantitative estimate of drug-likeness (QED) is 0.699. The molecule has 1 nitrogen and oxygen atoms in total. The average molecular weight is 284 g/mol. The van der Waals surface area contributed by atoms with Crippen LogP contribution in [0.1, 0.15) is 11.5 Å². The molecule has 0 fully saturated rings. The van der Waals surface area contributed by atoms with E-state index >= 15 is 0 Å². The van der Waals surface area contributed by atoms with Crippen LogP contribution in [0.4, 0.5) is 0 Å². The van der Waals surface area contributed by atoms with E-state index in [1.165, 1.54) is 5.56 Å². The number of ether oxygens (including phenoxy) is 1. The Morgan fingerprint density at radius 3 is 3.07 bits per heavy atom. The minimum atomic E-state index is 0.0520. The first-order chi connectivity index (χ1) is 7.25. The SMILES string of the molecule is ClC1=CC2Oc3cccc(Br)c3C2C=C1. The highest BCUT2D eigenvalue weighted by atomic mass is 79.9. The third-order valence-electron chi connectivity index (χ3n) is 2.75. The van der Waals surface area contributed by atoms with Gasteiger partial charge >= 0.3 is 0 Å². The van der Waals surface area contributed by atoms with Crippen molar-refractivity contribution < 1.29 is 4.74 Å². The molecule has 2 atom stereocenters. The summed E-state index contributed by atoms with van der Waals surface area (Å²) in [5.41, 5.74) is 1.22. The van der Waals surface area contributed by atoms with E-state index in [0.29, 0.717) is 0 Å². The fourth-order valence-electron chi connectivity index (χ4n) is 2.08. The maximum Gasteiger partial charge on any atom is 0.129 e. The van der Waals surface area contributed by atoms with Crippen molar-refractivity contribution in [2.45, 2.75) is 12.0 Å². The van der Waals surface area contributed by atoms with Crippen LogP contribution in [0.5, 0.6) is 5.75 Å². The minimum absolute atomic E-state index is 0.0520. The molecule has 1 aromatic rings. The lowest BCUT2D eigenvalue weighted by atomic mass is 9.92. The first-order valence-corrected chi connectivity index (χ1v) is 5.93. The molecule has 0 saturated heterocycles. The van der Waals surface area contributed by atoms with Gasteiger partial charge in [-0.15, -0.1) is 0 Å². The molecule has 1 aromatic carbocycles. The molecule has 1 heterocycles. The van der Waals surface area contributed by atoms with Crippen LogP contribution in [0.3, 0.4) is 0 Å². The van der Waals surface area contributed by atoms with Crippen molar-refractivity contribution in [3.8, 4) is 5.75 Å². The van der Waals surface area contributed by atoms with Gasteiger partial charge < -0.3 is 4.74 Å². The van der Waals surface area contributed by atoms with Crippen LogP contribution in [0.15, 0.2) is 45.9 Å². The number of allylic oxidation sites excluding steroid dienone is 2. The number of hydrogen-bond donors (Lipinski definition) is 0. The number of halogens is 2. The summed E-state index contributed by atoms with van der Waals surface area (Å²) in [5.74, 6) is 1.24. The van der Waals surface area contributed by atoms with Crippen LogP contribution >= 0.6 is 27.5 Å². The molecular formula is C12H8BrClO. The van der Waals surface area contributed by atoms with Crippen molar-refractivity contribution in [3.05, 3.63) is 51.5 Å². The monoisotopic (exact) mass is 282 g/mol. The summed E-state index contributed by atoms with van der Waals surface area (Å²) >= 11 is 9.51. The Labute approximate surface area is 102 Å². The Bertz CT molecular complexity index is 479. The molecule has 3 rings (SSSR count). The van der Waals surface area contributed by atoms with Crippen LogP contribution < -0.4 is 4.74 Å². The lowest BCUT2D eigenvalue weighted by Crippen LogP contribution is -2.16. The van der Waals surface area contributed by atoms with Gasteiger partial charge in [0.1, 0.15) is 11.9 Å². The first kappa shape index (κ1) is 9.49. The van der Waals surface area contributed by atoms with Crippen molar-refractivity contribution in [2.24, 2.45) is 0 Å². The largest absolute Gasteiger partial charge is 0.485 e. The summed E-state index contributed by atoms with van der Waals surface area (Å²) in [7, 11) is 0. The van der Waals surface area contributed by atoms with Crippen molar-refractivity contribution >= 4 is 27.5 Å². The molecule has 2 aliphatic rings. The van der Waals surface area contributed by atoms with E-state index in [2.05, 4.69) is 22.0 Å². The molecule has 0 aromatic heterocycles. The molecule has 2 unspecified atom stereocenters. The Morgan fingerprint density at radius 2 is 2.20 bits per heavy atom. The van der Waals surface area contributed by atoms with Gasteiger partial charge in [-0.2, -0.15) is 0 Å². The molecule has 76 valence electrons. The second kappa shape index (κ2) is 3.39. The maximum absolute atomic E-state index is 5.95. The van der Waals surface area contributed by atoms with Crippen LogP contribution in [0.2, 0.25) is 0 Å². The number of fused-ring (bicyclic) bond motifs is 3. The highest BCUT2D eigenvalue weighted by Crippen LogP contribution is 2.45. The van der Waals surface area contributed by atoms with Gasteiger partial charge in [-0.1, -0.05) is 39.7 Å². The Morgan fingerprint density at radius 1 is 1.33 bits per heavy atom. The van der Waals surface area contributed by atoms with Gasteiger partial charge in [0.25, 0.3) is 0 Å². The van der Waals surface area contributed by atoms with Gasteiger partial charge in [0, 0.05) is 21.0 Å². The van der Waals surface area contributed by atoms with Crippen LogP contribution in [-0.2, 0) is 0 Å². The Kier molecular flexibility index (Phi) is 2.15. The number of hydrogen-bond acceptors (Lipinski definition) is 1. The molecule has 1 aliphatic carbocycles. The Balaban J connectivity index is 2.12. The Hall–Kier alpha value is -0.730. The van der Waals surface area contributed by atoms with Gasteiger partial charge in [-0.3, -0.25) is 0 Å². The van der Waals surface area contributed by atoms with Gasteiger partial charge in [-0.25, -0.2) is 0 Å². The number of benzene rings is 1. The van der Waals surface area contributed by atoms with Gasteiger partial charge in [-0.05, 0) is 24.3 Å². The van der Waals surface area contributed by atoms with E-state index in [-0.39, 0.29) is 12.0 Å². The van der Waals surface area contributed by atoms with E-state index in [4.69, 9.17) is 16.3 Å². The number of rotatable bonds is 0. The third kappa shape index (κ3) is 1.44. The summed E-state index contributed by atoms with van der Waals surface area (Å²) in [5, 5.41) is 0.750. The molecule has 0 bridgehead atoms. The molecular weight excluding hydrogens is 275 g/mol. The summed E-state index contributed by atoms with van der Waals surface area (Å²) < 4.78 is 6.92. The molecule has 0 radical (unpaired) electrons. The van der Waals surface area contributed by atoms with E-state index in [1.807, 2.05) is 30.4 Å². The van der Waals surface area contributed by atoms with E-state index in [0.717, 1.165) is 15.3 Å². The molecule has 3 heteroatoms. The van der Waals surface area contributed by atoms with E-state index in [1.54, 1.807) is 0 Å². The molecule has 1 aliphatic heterocycles. The fourth-order valence-corrected chi connectivity index (χ4v) is 2.89. The predicted octanol–water partition coefficient (Wildman–Crippen LogP) is 3.99. The van der Waals surface area contributed by atoms with Crippen molar-refractivity contribution in [2.75, 3.05) is 0 Å². The standard InChI is InChI=1S/C12H8BrClO/c13-9-2-1-3-10-12(9)8-5-4-7(14)6-11(8)15-10/h1-6,8,11H. The van der Waals surface area contributed by atoms with E-state index in [9.17, 15) is 0 Å². The topological polar surface area (TPSA) is 9.23 Å². The lowest BCUT2D eigenvalue weighted by Gasteiger charge is -2.16. The highest BCUT2D eigenvalue weighted by molar-refractivity contribution is 9.10. The van der Waals surface area contributed by atoms with Gasteiger partial charge in [0.05, 0.1) is 0 Å². The van der Waals surface area contributed by atoms with Crippen LogP contribution in [0, 0.1) is 0 Å². The summed E-state index contributed by atoms with van der Waals surface area (Å²) in [6.45, 7) is 0. The second-order valence-corrected chi connectivity index (χ2v) is 4.96. The van der Waals surface area contributed by atoms with Crippen molar-refractivity contribution in [3.63, 3.8) is 0 Å². The first-order valence-electron chi connectivity index (χ1n) is 4.76. The molecule has 0 spiro atoms. The van der Waals surface area contributed by atoms with Crippen molar-refractivity contribution in [1.82, 2.24) is 0 Å². The fraction of sp³-hybridized carbons (Fsp3) is 0.167. The molecule has 0 amide bonds. The lowest BCUT2D eigenvalue weighted by molar-refractivity contribution is 0.268. The normalized spacial score (nSPS) is 26.7. The third-order valence-corrected chi connectivity index (χ3v) is 3.69.